The van der Waals surface area contributed by atoms with E-state index in [0.29, 0.717) is 6.61 Å². The summed E-state index contributed by atoms with van der Waals surface area (Å²) in [6.07, 6.45) is 0. The largest absolute Gasteiger partial charge is 0.492 e. The van der Waals surface area contributed by atoms with Crippen molar-refractivity contribution in [2.45, 2.75) is 6.54 Å². The maximum absolute atomic E-state index is 5.99. The van der Waals surface area contributed by atoms with Gasteiger partial charge in [0.15, 0.2) is 0 Å². The monoisotopic (exact) mass is 267 g/mol. The maximum Gasteiger partial charge on any atom is 0.119 e. The van der Waals surface area contributed by atoms with Crippen LogP contribution in [0.2, 0.25) is 5.02 Å². The number of para-hydroxylation sites is 1. The van der Waals surface area contributed by atoms with E-state index in [9.17, 15) is 0 Å². The van der Waals surface area contributed by atoms with Crippen LogP contribution in [0.15, 0.2) is 41.8 Å². The highest BCUT2D eigenvalue weighted by Gasteiger charge is 2.00. The molecule has 0 unspecified atom stereocenters. The molecule has 0 aliphatic heterocycles. The Morgan fingerprint density at radius 1 is 1.18 bits per heavy atom. The first kappa shape index (κ1) is 12.4. The van der Waals surface area contributed by atoms with Crippen LogP contribution >= 0.6 is 22.9 Å². The first-order chi connectivity index (χ1) is 8.36. The second-order valence-electron chi connectivity index (χ2n) is 3.53. The predicted molar refractivity (Wildman–Crippen MR) is 73.0 cm³/mol. The van der Waals surface area contributed by atoms with Crippen molar-refractivity contribution >= 4 is 22.9 Å². The Labute approximate surface area is 110 Å². The lowest BCUT2D eigenvalue weighted by Gasteiger charge is -2.06. The Bertz CT molecular complexity index is 444. The van der Waals surface area contributed by atoms with E-state index < -0.39 is 0 Å². The normalized spacial score (nSPS) is 10.4. The lowest BCUT2D eigenvalue weighted by molar-refractivity contribution is 0.314. The molecule has 0 aliphatic carbocycles. The van der Waals surface area contributed by atoms with Crippen molar-refractivity contribution in [2.24, 2.45) is 0 Å². The number of hydrogen-bond acceptors (Lipinski definition) is 3. The summed E-state index contributed by atoms with van der Waals surface area (Å²) >= 11 is 7.66. The molecule has 0 amide bonds. The predicted octanol–water partition coefficient (Wildman–Crippen LogP) is 3.57. The van der Waals surface area contributed by atoms with Crippen LogP contribution in [-0.2, 0) is 6.54 Å². The van der Waals surface area contributed by atoms with Gasteiger partial charge in [-0.3, -0.25) is 0 Å². The van der Waals surface area contributed by atoms with Crippen LogP contribution in [0, 0.1) is 0 Å². The van der Waals surface area contributed by atoms with Gasteiger partial charge < -0.3 is 10.1 Å². The molecule has 1 aromatic heterocycles. The molecule has 2 aromatic rings. The van der Waals surface area contributed by atoms with Crippen LogP contribution in [0.5, 0.6) is 5.75 Å². The molecule has 0 bridgehead atoms. The zero-order chi connectivity index (χ0) is 11.9. The van der Waals surface area contributed by atoms with Crippen molar-refractivity contribution in [3.63, 3.8) is 0 Å². The van der Waals surface area contributed by atoms with Gasteiger partial charge >= 0.3 is 0 Å². The van der Waals surface area contributed by atoms with Gasteiger partial charge in [0, 0.05) is 18.0 Å². The van der Waals surface area contributed by atoms with E-state index in [1.807, 2.05) is 41.8 Å². The Kier molecular flexibility index (Phi) is 4.86. The number of benzene rings is 1. The molecule has 0 saturated carbocycles. The summed E-state index contributed by atoms with van der Waals surface area (Å²) < 4.78 is 5.56. The van der Waals surface area contributed by atoms with Crippen LogP contribution in [0.3, 0.4) is 0 Å². The number of rotatable bonds is 6. The molecular formula is C13H14ClNOS. The highest BCUT2D eigenvalue weighted by Crippen LogP contribution is 2.21. The Balaban J connectivity index is 1.63. The molecule has 0 spiro atoms. The van der Waals surface area contributed by atoms with Crippen LogP contribution in [0.4, 0.5) is 0 Å². The molecule has 0 radical (unpaired) electrons. The summed E-state index contributed by atoms with van der Waals surface area (Å²) in [4.78, 5) is 1.17. The van der Waals surface area contributed by atoms with Crippen molar-refractivity contribution < 1.29 is 4.74 Å². The summed E-state index contributed by atoms with van der Waals surface area (Å²) in [5.74, 6) is 0.906. The molecule has 17 heavy (non-hydrogen) atoms. The quantitative estimate of drug-likeness (QED) is 0.808. The van der Waals surface area contributed by atoms with Crippen LogP contribution in [0.25, 0.3) is 0 Å². The van der Waals surface area contributed by atoms with Crippen LogP contribution < -0.4 is 10.1 Å². The zero-order valence-electron chi connectivity index (χ0n) is 9.36. The summed E-state index contributed by atoms with van der Waals surface area (Å²) in [5.41, 5.74) is 0. The minimum atomic E-state index is 0.660. The SMILES string of the molecule is Clc1ccsc1CNCCOc1ccccc1. The summed E-state index contributed by atoms with van der Waals surface area (Å²) in [6.45, 7) is 2.27. The van der Waals surface area contributed by atoms with E-state index >= 15 is 0 Å². The Hall–Kier alpha value is -1.03. The molecule has 1 N–H and O–H groups in total. The Morgan fingerprint density at radius 2 is 2.00 bits per heavy atom. The van der Waals surface area contributed by atoms with Gasteiger partial charge in [0.05, 0.1) is 5.02 Å². The summed E-state index contributed by atoms with van der Waals surface area (Å²) in [6, 6.07) is 11.7. The van der Waals surface area contributed by atoms with Gasteiger partial charge in [0.1, 0.15) is 12.4 Å². The molecule has 0 fully saturated rings. The van der Waals surface area contributed by atoms with E-state index in [4.69, 9.17) is 16.3 Å². The third kappa shape index (κ3) is 4.04. The van der Waals surface area contributed by atoms with E-state index in [1.54, 1.807) is 11.3 Å². The first-order valence-electron chi connectivity index (χ1n) is 5.46. The third-order valence-corrected chi connectivity index (χ3v) is 3.65. The number of hydrogen-bond donors (Lipinski definition) is 1. The van der Waals surface area contributed by atoms with E-state index in [0.717, 1.165) is 23.9 Å². The van der Waals surface area contributed by atoms with Gasteiger partial charge in [-0.2, -0.15) is 0 Å². The van der Waals surface area contributed by atoms with Crippen molar-refractivity contribution in [1.29, 1.82) is 0 Å². The second kappa shape index (κ2) is 6.64. The van der Waals surface area contributed by atoms with Gasteiger partial charge in [-0.05, 0) is 23.6 Å². The molecule has 4 heteroatoms. The number of ether oxygens (including phenoxy) is 1. The molecule has 0 atom stereocenters. The van der Waals surface area contributed by atoms with Gasteiger partial charge in [-0.15, -0.1) is 11.3 Å². The zero-order valence-corrected chi connectivity index (χ0v) is 10.9. The van der Waals surface area contributed by atoms with Gasteiger partial charge in [-0.25, -0.2) is 0 Å². The fourth-order valence-electron chi connectivity index (χ4n) is 1.41. The van der Waals surface area contributed by atoms with E-state index in [1.165, 1.54) is 4.88 Å². The topological polar surface area (TPSA) is 21.3 Å². The summed E-state index contributed by atoms with van der Waals surface area (Å²) in [7, 11) is 0. The van der Waals surface area contributed by atoms with Gasteiger partial charge in [0.2, 0.25) is 0 Å². The van der Waals surface area contributed by atoms with E-state index in [-0.39, 0.29) is 0 Å². The minimum absolute atomic E-state index is 0.660. The van der Waals surface area contributed by atoms with Crippen molar-refractivity contribution in [1.82, 2.24) is 5.32 Å². The average molecular weight is 268 g/mol. The second-order valence-corrected chi connectivity index (χ2v) is 4.94. The van der Waals surface area contributed by atoms with Crippen molar-refractivity contribution in [3.05, 3.63) is 51.7 Å². The molecular weight excluding hydrogens is 254 g/mol. The smallest absolute Gasteiger partial charge is 0.119 e. The molecule has 0 saturated heterocycles. The first-order valence-corrected chi connectivity index (χ1v) is 6.72. The van der Waals surface area contributed by atoms with Gasteiger partial charge in [0.25, 0.3) is 0 Å². The molecule has 0 aliphatic rings. The lowest BCUT2D eigenvalue weighted by Crippen LogP contribution is -2.20. The molecule has 1 heterocycles. The maximum atomic E-state index is 5.99. The highest BCUT2D eigenvalue weighted by molar-refractivity contribution is 7.10. The molecule has 1 aromatic carbocycles. The third-order valence-electron chi connectivity index (χ3n) is 2.27. The van der Waals surface area contributed by atoms with Crippen molar-refractivity contribution in [3.8, 4) is 5.75 Å². The van der Waals surface area contributed by atoms with Crippen molar-refractivity contribution in [2.75, 3.05) is 13.2 Å². The van der Waals surface area contributed by atoms with E-state index in [2.05, 4.69) is 5.32 Å². The Morgan fingerprint density at radius 3 is 2.71 bits per heavy atom. The number of thiophene rings is 1. The number of halogens is 1. The van der Waals surface area contributed by atoms with Gasteiger partial charge in [-0.1, -0.05) is 29.8 Å². The standard InChI is InChI=1S/C13H14ClNOS/c14-12-6-9-17-13(12)10-15-7-8-16-11-4-2-1-3-5-11/h1-6,9,15H,7-8,10H2. The molecule has 90 valence electrons. The molecule has 2 rings (SSSR count). The fourth-order valence-corrected chi connectivity index (χ4v) is 2.48. The fraction of sp³-hybridized carbons (Fsp3) is 0.231. The van der Waals surface area contributed by atoms with Crippen LogP contribution in [-0.4, -0.2) is 13.2 Å². The molecule has 2 nitrogen and oxygen atoms in total. The number of nitrogens with one attached hydrogen (secondary N) is 1. The van der Waals surface area contributed by atoms with Crippen LogP contribution in [0.1, 0.15) is 4.88 Å². The minimum Gasteiger partial charge on any atom is -0.492 e. The lowest BCUT2D eigenvalue weighted by atomic mass is 10.3. The highest BCUT2D eigenvalue weighted by atomic mass is 35.5. The summed E-state index contributed by atoms with van der Waals surface area (Å²) in [5, 5.41) is 6.14. The average Bonchev–Trinajstić information content (AvgIpc) is 2.76.